The molecular formula is C20H19F2N3OS. The maximum Gasteiger partial charge on any atom is 0.167 e. The number of hydrogen-bond acceptors (Lipinski definition) is 5. The Morgan fingerprint density at radius 1 is 1.11 bits per heavy atom. The molecule has 1 N–H and O–H groups in total. The summed E-state index contributed by atoms with van der Waals surface area (Å²) in [7, 11) is 0. The number of halogens is 2. The predicted octanol–water partition coefficient (Wildman–Crippen LogP) is 5.60. The lowest BCUT2D eigenvalue weighted by Crippen LogP contribution is -2.07. The van der Waals surface area contributed by atoms with E-state index in [1.807, 2.05) is 20.8 Å². The van der Waals surface area contributed by atoms with Gasteiger partial charge in [-0.25, -0.2) is 8.78 Å². The van der Waals surface area contributed by atoms with Crippen molar-refractivity contribution in [3.63, 3.8) is 0 Å². The van der Waals surface area contributed by atoms with Crippen molar-refractivity contribution >= 4 is 23.1 Å². The molecule has 0 saturated carbocycles. The molecule has 0 heterocycles. The zero-order valence-corrected chi connectivity index (χ0v) is 16.1. The predicted molar refractivity (Wildman–Crippen MR) is 102 cm³/mol. The summed E-state index contributed by atoms with van der Waals surface area (Å²) >= 11 is 1.10. The van der Waals surface area contributed by atoms with Crippen LogP contribution in [0.15, 0.2) is 29.2 Å². The Kier molecular flexibility index (Phi) is 7.04. The fourth-order valence-corrected chi connectivity index (χ4v) is 3.37. The van der Waals surface area contributed by atoms with Crippen molar-refractivity contribution < 1.29 is 13.5 Å². The first kappa shape index (κ1) is 20.5. The van der Waals surface area contributed by atoms with Crippen molar-refractivity contribution in [2.75, 3.05) is 17.7 Å². The minimum atomic E-state index is -0.951. The highest BCUT2D eigenvalue weighted by Crippen LogP contribution is 2.40. The van der Waals surface area contributed by atoms with E-state index in [-0.39, 0.29) is 16.5 Å². The molecule has 2 aromatic carbocycles. The maximum absolute atomic E-state index is 15.0. The highest BCUT2D eigenvalue weighted by molar-refractivity contribution is 7.99. The first-order valence-corrected chi connectivity index (χ1v) is 9.39. The lowest BCUT2D eigenvalue weighted by atomic mass is 10.1. The first-order valence-electron chi connectivity index (χ1n) is 8.41. The van der Waals surface area contributed by atoms with Crippen LogP contribution in [0.3, 0.4) is 0 Å². The van der Waals surface area contributed by atoms with Gasteiger partial charge >= 0.3 is 0 Å². The van der Waals surface area contributed by atoms with Crippen LogP contribution in [0.5, 0.6) is 5.75 Å². The Morgan fingerprint density at radius 2 is 1.74 bits per heavy atom. The van der Waals surface area contributed by atoms with Gasteiger partial charge in [0.15, 0.2) is 11.6 Å². The topological polar surface area (TPSA) is 68.8 Å². The molecule has 0 aliphatic heterocycles. The molecule has 27 heavy (non-hydrogen) atoms. The van der Waals surface area contributed by atoms with Crippen LogP contribution in [-0.2, 0) is 0 Å². The number of para-hydroxylation sites is 2. The van der Waals surface area contributed by atoms with Crippen LogP contribution in [0.25, 0.3) is 0 Å². The van der Waals surface area contributed by atoms with Crippen LogP contribution in [0.2, 0.25) is 0 Å². The summed E-state index contributed by atoms with van der Waals surface area (Å²) in [6.07, 6.45) is 0. The third kappa shape index (κ3) is 4.50. The Bertz CT molecular complexity index is 917. The zero-order chi connectivity index (χ0) is 20.0. The summed E-state index contributed by atoms with van der Waals surface area (Å²) in [5, 5.41) is 21.3. The minimum Gasteiger partial charge on any atom is -0.492 e. The zero-order valence-electron chi connectivity index (χ0n) is 15.3. The van der Waals surface area contributed by atoms with E-state index in [4.69, 9.17) is 4.74 Å². The molecule has 2 aromatic rings. The Balaban J connectivity index is 2.65. The Labute approximate surface area is 161 Å². The highest BCUT2D eigenvalue weighted by atomic mass is 32.2. The summed E-state index contributed by atoms with van der Waals surface area (Å²) < 4.78 is 35.5. The van der Waals surface area contributed by atoms with Crippen molar-refractivity contribution in [1.82, 2.24) is 0 Å². The van der Waals surface area contributed by atoms with E-state index in [2.05, 4.69) is 5.32 Å². The number of nitriles is 2. The van der Waals surface area contributed by atoms with Gasteiger partial charge in [-0.2, -0.15) is 10.5 Å². The molecule has 0 bridgehead atoms. The summed E-state index contributed by atoms with van der Waals surface area (Å²) in [6, 6.07) is 10.1. The van der Waals surface area contributed by atoms with Gasteiger partial charge in [0.2, 0.25) is 0 Å². The number of hydrogen-bond donors (Lipinski definition) is 1. The van der Waals surface area contributed by atoms with E-state index in [1.54, 1.807) is 36.4 Å². The van der Waals surface area contributed by atoms with Crippen LogP contribution in [0, 0.1) is 40.2 Å². The molecule has 0 aliphatic rings. The number of ether oxygens (including phenoxy) is 1. The van der Waals surface area contributed by atoms with Gasteiger partial charge in [-0.3, -0.25) is 0 Å². The van der Waals surface area contributed by atoms with E-state index in [9.17, 15) is 14.9 Å². The molecular weight excluding hydrogens is 368 g/mol. The first-order chi connectivity index (χ1) is 12.9. The number of anilines is 2. The van der Waals surface area contributed by atoms with Gasteiger partial charge in [-0.05, 0) is 25.0 Å². The lowest BCUT2D eigenvalue weighted by Gasteiger charge is -2.18. The highest BCUT2D eigenvalue weighted by Gasteiger charge is 2.26. The quantitative estimate of drug-likeness (QED) is 0.627. The second kappa shape index (κ2) is 9.25. The van der Waals surface area contributed by atoms with Crippen LogP contribution in [0.1, 0.15) is 31.9 Å². The van der Waals surface area contributed by atoms with Gasteiger partial charge in [-0.15, -0.1) is 11.8 Å². The SMILES string of the molecule is CCOc1ccccc1Nc1c(F)c(C#N)c(C#N)c(F)c1SCC(C)C. The van der Waals surface area contributed by atoms with E-state index < -0.39 is 22.8 Å². The molecule has 0 radical (unpaired) electrons. The van der Waals surface area contributed by atoms with E-state index in [1.165, 1.54) is 0 Å². The van der Waals surface area contributed by atoms with Crippen molar-refractivity contribution in [2.24, 2.45) is 5.92 Å². The normalized spacial score (nSPS) is 10.4. The lowest BCUT2D eigenvalue weighted by molar-refractivity contribution is 0.342. The Morgan fingerprint density at radius 3 is 2.33 bits per heavy atom. The third-order valence-corrected chi connectivity index (χ3v) is 5.07. The van der Waals surface area contributed by atoms with Crippen molar-refractivity contribution in [2.45, 2.75) is 25.7 Å². The van der Waals surface area contributed by atoms with E-state index >= 15 is 4.39 Å². The molecule has 2 rings (SSSR count). The molecule has 0 atom stereocenters. The minimum absolute atomic E-state index is 0.0250. The van der Waals surface area contributed by atoms with Gasteiger partial charge < -0.3 is 10.1 Å². The van der Waals surface area contributed by atoms with Crippen molar-refractivity contribution in [3.05, 3.63) is 47.0 Å². The van der Waals surface area contributed by atoms with Crippen LogP contribution in [-0.4, -0.2) is 12.4 Å². The molecule has 7 heteroatoms. The molecule has 0 aromatic heterocycles. The number of benzene rings is 2. The summed E-state index contributed by atoms with van der Waals surface area (Å²) in [5.41, 5.74) is -0.913. The van der Waals surface area contributed by atoms with Crippen LogP contribution < -0.4 is 10.1 Å². The second-order valence-electron chi connectivity index (χ2n) is 6.06. The van der Waals surface area contributed by atoms with Gasteiger partial charge in [0.1, 0.15) is 29.0 Å². The van der Waals surface area contributed by atoms with Crippen molar-refractivity contribution in [1.29, 1.82) is 10.5 Å². The third-order valence-electron chi connectivity index (χ3n) is 3.57. The molecule has 140 valence electrons. The van der Waals surface area contributed by atoms with Gasteiger partial charge in [0.25, 0.3) is 0 Å². The molecule has 0 unspecified atom stereocenters. The van der Waals surface area contributed by atoms with Gasteiger partial charge in [-0.1, -0.05) is 26.0 Å². The summed E-state index contributed by atoms with van der Waals surface area (Å²) in [4.78, 5) is -0.0250. The fraction of sp³-hybridized carbons (Fsp3) is 0.300. The Hall–Kier alpha value is -2.77. The maximum atomic E-state index is 15.0. The average Bonchev–Trinajstić information content (AvgIpc) is 2.65. The smallest absolute Gasteiger partial charge is 0.167 e. The van der Waals surface area contributed by atoms with Gasteiger partial charge in [0, 0.05) is 5.75 Å². The second-order valence-corrected chi connectivity index (χ2v) is 7.09. The summed E-state index contributed by atoms with van der Waals surface area (Å²) in [6.45, 7) is 6.12. The monoisotopic (exact) mass is 387 g/mol. The fourth-order valence-electron chi connectivity index (χ4n) is 2.36. The molecule has 4 nitrogen and oxygen atoms in total. The molecule has 0 saturated heterocycles. The van der Waals surface area contributed by atoms with Crippen LogP contribution in [0.4, 0.5) is 20.2 Å². The molecule has 0 spiro atoms. The number of nitrogens with zero attached hydrogens (tertiary/aromatic N) is 2. The molecule has 0 aliphatic carbocycles. The largest absolute Gasteiger partial charge is 0.492 e. The number of thioether (sulfide) groups is 1. The van der Waals surface area contributed by atoms with E-state index in [0.29, 0.717) is 23.8 Å². The average molecular weight is 387 g/mol. The standard InChI is InChI=1S/C20H19F2N3OS/c1-4-26-16-8-6-5-7-15(16)25-19-17(21)13(9-23)14(10-24)18(22)20(19)27-11-12(2)3/h5-8,12,25H,4,11H2,1-3H3. The van der Waals surface area contributed by atoms with Crippen LogP contribution >= 0.6 is 11.8 Å². The van der Waals surface area contributed by atoms with E-state index in [0.717, 1.165) is 11.8 Å². The van der Waals surface area contributed by atoms with Crippen molar-refractivity contribution in [3.8, 4) is 17.9 Å². The van der Waals surface area contributed by atoms with Gasteiger partial charge in [0.05, 0.1) is 22.9 Å². The number of nitrogens with one attached hydrogen (secondary N) is 1. The molecule has 0 fully saturated rings. The molecule has 0 amide bonds. The summed E-state index contributed by atoms with van der Waals surface area (Å²) in [5.74, 6) is -0.621. The number of rotatable bonds is 7.